The van der Waals surface area contributed by atoms with Crippen LogP contribution in [-0.4, -0.2) is 36.1 Å². The minimum absolute atomic E-state index is 0.0232. The molecule has 0 fully saturated rings. The summed E-state index contributed by atoms with van der Waals surface area (Å²) in [5.41, 5.74) is 10.1. The zero-order chi connectivity index (χ0) is 24.7. The summed E-state index contributed by atoms with van der Waals surface area (Å²) < 4.78 is 3.04. The monoisotopic (exact) mass is 463 g/mol. The maximum absolute atomic E-state index is 13.8. The largest absolute Gasteiger partial charge is 0.481 e. The molecule has 2 atom stereocenters. The number of amides is 1. The average molecular weight is 464 g/mol. The summed E-state index contributed by atoms with van der Waals surface area (Å²) in [6.07, 6.45) is 2.84. The summed E-state index contributed by atoms with van der Waals surface area (Å²) in [7, 11) is 0. The van der Waals surface area contributed by atoms with Gasteiger partial charge in [0.1, 0.15) is 5.69 Å². The lowest BCUT2D eigenvalue weighted by atomic mass is 10.0. The van der Waals surface area contributed by atoms with Crippen LogP contribution in [0.1, 0.15) is 72.4 Å². The van der Waals surface area contributed by atoms with Crippen LogP contribution in [0.5, 0.6) is 0 Å². The Kier molecular flexibility index (Phi) is 6.03. The normalized spacial score (nSPS) is 13.4. The van der Waals surface area contributed by atoms with Crippen molar-refractivity contribution < 1.29 is 14.7 Å². The Morgan fingerprint density at radius 1 is 1.21 bits per heavy atom. The molecule has 4 aromatic rings. The highest BCUT2D eigenvalue weighted by atomic mass is 16.4. The number of benzene rings is 1. The summed E-state index contributed by atoms with van der Waals surface area (Å²) in [4.78, 5) is 45.0. The second-order valence-corrected chi connectivity index (χ2v) is 8.89. The second-order valence-electron chi connectivity index (χ2n) is 8.89. The highest BCUT2D eigenvalue weighted by Gasteiger charge is 2.27. The number of aryl methyl sites for hydroxylation is 2. The average Bonchev–Trinajstić information content (AvgIpc) is 3.30. The van der Waals surface area contributed by atoms with E-state index in [9.17, 15) is 19.5 Å². The molecular weight excluding hydrogens is 434 g/mol. The number of nitrogens with one attached hydrogen (secondary N) is 1. The molecule has 3 heterocycles. The van der Waals surface area contributed by atoms with Gasteiger partial charge in [-0.05, 0) is 56.5 Å². The van der Waals surface area contributed by atoms with Gasteiger partial charge >= 0.3 is 11.7 Å². The van der Waals surface area contributed by atoms with Crippen molar-refractivity contribution >= 4 is 33.9 Å². The predicted octanol–water partition coefficient (Wildman–Crippen LogP) is 3.82. The molecule has 0 bridgehead atoms. The molecule has 4 rings (SSSR count). The van der Waals surface area contributed by atoms with Crippen LogP contribution in [-0.2, 0) is 4.79 Å². The zero-order valence-electron chi connectivity index (χ0n) is 19.8. The van der Waals surface area contributed by atoms with Gasteiger partial charge in [0.25, 0.3) is 5.91 Å². The van der Waals surface area contributed by atoms with Gasteiger partial charge in [-0.3, -0.25) is 18.7 Å². The van der Waals surface area contributed by atoms with E-state index in [1.807, 2.05) is 33.9 Å². The Labute approximate surface area is 196 Å². The van der Waals surface area contributed by atoms with E-state index in [0.717, 1.165) is 27.6 Å². The van der Waals surface area contributed by atoms with E-state index in [0.29, 0.717) is 18.4 Å². The van der Waals surface area contributed by atoms with Crippen molar-refractivity contribution in [3.05, 3.63) is 63.3 Å². The Hall–Kier alpha value is -3.88. The number of nitrogens with zero attached hydrogens (tertiary/aromatic N) is 3. The van der Waals surface area contributed by atoms with Crippen molar-refractivity contribution in [1.29, 1.82) is 0 Å². The van der Waals surface area contributed by atoms with E-state index in [1.54, 1.807) is 10.6 Å². The molecule has 1 amide bonds. The number of nitrogens with two attached hydrogens (primary N) is 1. The molecule has 3 aromatic heterocycles. The number of imidazole rings is 1. The number of aliphatic carboxylic acids is 1. The van der Waals surface area contributed by atoms with E-state index in [1.165, 1.54) is 10.6 Å². The van der Waals surface area contributed by atoms with Crippen molar-refractivity contribution in [2.75, 3.05) is 0 Å². The van der Waals surface area contributed by atoms with Gasteiger partial charge in [0, 0.05) is 22.7 Å². The van der Waals surface area contributed by atoms with Crippen LogP contribution in [0.15, 0.2) is 35.3 Å². The van der Waals surface area contributed by atoms with Crippen LogP contribution in [0.3, 0.4) is 0 Å². The smallest absolute Gasteiger partial charge is 0.331 e. The van der Waals surface area contributed by atoms with Gasteiger partial charge in [-0.15, -0.1) is 0 Å². The van der Waals surface area contributed by atoms with E-state index < -0.39 is 17.9 Å². The molecule has 0 saturated heterocycles. The molecule has 0 spiro atoms. The summed E-state index contributed by atoms with van der Waals surface area (Å²) in [5.74, 6) is -1.72. The Morgan fingerprint density at radius 2 is 1.94 bits per heavy atom. The lowest BCUT2D eigenvalue weighted by molar-refractivity contribution is -0.137. The van der Waals surface area contributed by atoms with Crippen LogP contribution in [0.25, 0.3) is 22.1 Å². The quantitative estimate of drug-likeness (QED) is 0.365. The number of aromatic amines is 1. The molecule has 178 valence electrons. The van der Waals surface area contributed by atoms with E-state index in [-0.39, 0.29) is 29.5 Å². The van der Waals surface area contributed by atoms with Gasteiger partial charge in [-0.25, -0.2) is 9.78 Å². The summed E-state index contributed by atoms with van der Waals surface area (Å²) in [6.45, 7) is 7.94. The van der Waals surface area contributed by atoms with Crippen LogP contribution < -0.4 is 11.4 Å². The zero-order valence-corrected chi connectivity index (χ0v) is 19.8. The fourth-order valence-corrected chi connectivity index (χ4v) is 4.97. The third kappa shape index (κ3) is 3.87. The minimum atomic E-state index is -1.01. The molecule has 9 nitrogen and oxygen atoms in total. The van der Waals surface area contributed by atoms with Gasteiger partial charge in [-0.1, -0.05) is 19.4 Å². The predicted molar refractivity (Wildman–Crippen MR) is 130 cm³/mol. The fourth-order valence-electron chi connectivity index (χ4n) is 4.97. The van der Waals surface area contributed by atoms with Crippen LogP contribution in [0.4, 0.5) is 0 Å². The first kappa shape index (κ1) is 23.3. The number of rotatable bonds is 8. The Morgan fingerprint density at radius 3 is 2.59 bits per heavy atom. The molecule has 4 N–H and O–H groups in total. The van der Waals surface area contributed by atoms with Crippen molar-refractivity contribution in [3.63, 3.8) is 0 Å². The summed E-state index contributed by atoms with van der Waals surface area (Å²) in [6, 6.07) is 6.34. The van der Waals surface area contributed by atoms with Gasteiger partial charge in [-0.2, -0.15) is 0 Å². The number of carbonyl (C=O) groups is 2. The number of fused-ring (bicyclic) bond motifs is 2. The standard InChI is InChI=1S/C25H29N5O4/c1-5-6-16(11-21(31)32)30-24-20(8-7-18(28-24)23(26)33)29(25(30)34)15(4)17-12-27-19-10-13(2)9-14(3)22(17)19/h7-10,12,15-16,27H,5-6,11H2,1-4H3,(H2,26,33)(H,31,32). The second kappa shape index (κ2) is 8.81. The number of hydrogen-bond acceptors (Lipinski definition) is 4. The fraction of sp³-hybridized carbons (Fsp3) is 0.360. The van der Waals surface area contributed by atoms with Crippen LogP contribution in [0, 0.1) is 13.8 Å². The maximum atomic E-state index is 13.8. The number of carboxylic acid groups (broad SMARTS) is 1. The highest BCUT2D eigenvalue weighted by molar-refractivity contribution is 5.93. The first-order valence-electron chi connectivity index (χ1n) is 11.4. The molecule has 0 saturated carbocycles. The number of aromatic nitrogens is 4. The van der Waals surface area contributed by atoms with E-state index >= 15 is 0 Å². The van der Waals surface area contributed by atoms with Gasteiger partial charge in [0.05, 0.1) is 24.0 Å². The number of hydrogen-bond donors (Lipinski definition) is 3. The Balaban J connectivity index is 2.00. The van der Waals surface area contributed by atoms with Crippen molar-refractivity contribution in [1.82, 2.24) is 19.1 Å². The first-order chi connectivity index (χ1) is 16.1. The third-order valence-electron chi connectivity index (χ3n) is 6.39. The number of H-pyrrole nitrogens is 1. The SMILES string of the molecule is CCCC(CC(=O)O)n1c(=O)n(C(C)c2c[nH]c3cc(C)cc(C)c23)c2ccc(C(N)=O)nc21. The van der Waals surface area contributed by atoms with Crippen LogP contribution in [0.2, 0.25) is 0 Å². The summed E-state index contributed by atoms with van der Waals surface area (Å²) >= 11 is 0. The molecule has 1 aromatic carbocycles. The third-order valence-corrected chi connectivity index (χ3v) is 6.39. The van der Waals surface area contributed by atoms with Crippen molar-refractivity contribution in [3.8, 4) is 0 Å². The molecular formula is C25H29N5O4. The van der Waals surface area contributed by atoms with Crippen molar-refractivity contribution in [2.45, 2.75) is 59.0 Å². The topological polar surface area (TPSA) is 136 Å². The lowest BCUT2D eigenvalue weighted by Gasteiger charge is -2.16. The van der Waals surface area contributed by atoms with Gasteiger partial charge < -0.3 is 15.8 Å². The van der Waals surface area contributed by atoms with E-state index in [4.69, 9.17) is 5.73 Å². The van der Waals surface area contributed by atoms with Crippen molar-refractivity contribution in [2.24, 2.45) is 5.73 Å². The van der Waals surface area contributed by atoms with Crippen LogP contribution >= 0.6 is 0 Å². The number of carboxylic acids is 1. The maximum Gasteiger partial charge on any atom is 0.331 e. The highest BCUT2D eigenvalue weighted by Crippen LogP contribution is 2.32. The molecule has 0 aliphatic rings. The summed E-state index contributed by atoms with van der Waals surface area (Å²) in [5, 5.41) is 10.5. The number of pyridine rings is 1. The molecule has 34 heavy (non-hydrogen) atoms. The van der Waals surface area contributed by atoms with Gasteiger partial charge in [0.2, 0.25) is 0 Å². The molecule has 2 unspecified atom stereocenters. The number of primary amides is 1. The molecule has 0 radical (unpaired) electrons. The lowest BCUT2D eigenvalue weighted by Crippen LogP contribution is -2.30. The Bertz CT molecular complexity index is 1480. The van der Waals surface area contributed by atoms with E-state index in [2.05, 4.69) is 22.1 Å². The minimum Gasteiger partial charge on any atom is -0.481 e. The number of carbonyl (C=O) groups excluding carboxylic acids is 1. The molecule has 9 heteroatoms. The first-order valence-corrected chi connectivity index (χ1v) is 11.4. The molecule has 0 aliphatic heterocycles. The van der Waals surface area contributed by atoms with Gasteiger partial charge in [0.15, 0.2) is 5.65 Å². The molecule has 0 aliphatic carbocycles.